The standard InChI is InChI=1S/C3H6N3O2/c7-6(8)3-1-2-4-5-3/h1,3-5H,2H2. The second kappa shape index (κ2) is 2.06. The van der Waals surface area contributed by atoms with Crippen molar-refractivity contribution < 1.29 is 4.92 Å². The molecular weight excluding hydrogens is 110 g/mol. The van der Waals surface area contributed by atoms with Crippen LogP contribution in [0, 0.1) is 16.5 Å². The molecule has 45 valence electrons. The van der Waals surface area contributed by atoms with Crippen molar-refractivity contribution in [3.63, 3.8) is 0 Å². The van der Waals surface area contributed by atoms with Crippen LogP contribution >= 0.6 is 0 Å². The Morgan fingerprint density at radius 2 is 2.62 bits per heavy atom. The van der Waals surface area contributed by atoms with Crippen molar-refractivity contribution in [3.8, 4) is 0 Å². The van der Waals surface area contributed by atoms with Gasteiger partial charge in [0.1, 0.15) is 0 Å². The van der Waals surface area contributed by atoms with Crippen LogP contribution < -0.4 is 10.9 Å². The fourth-order valence-electron chi connectivity index (χ4n) is 0.532. The molecule has 1 aliphatic rings. The first kappa shape index (κ1) is 5.46. The van der Waals surface area contributed by atoms with Crippen LogP contribution in [0.2, 0.25) is 0 Å². The average molecular weight is 116 g/mol. The molecule has 1 rings (SSSR count). The minimum absolute atomic E-state index is 0.389. The summed E-state index contributed by atoms with van der Waals surface area (Å²) in [5, 5.41) is 9.87. The zero-order valence-electron chi connectivity index (χ0n) is 4.13. The molecule has 5 heteroatoms. The summed E-state index contributed by atoms with van der Waals surface area (Å²) in [6.45, 7) is 0.561. The largest absolute Gasteiger partial charge is 0.282 e. The lowest BCUT2D eigenvalue weighted by molar-refractivity contribution is -0.518. The highest BCUT2D eigenvalue weighted by atomic mass is 16.6. The molecule has 1 saturated heterocycles. The van der Waals surface area contributed by atoms with Crippen molar-refractivity contribution in [2.45, 2.75) is 6.17 Å². The van der Waals surface area contributed by atoms with Crippen LogP contribution in [0.5, 0.6) is 0 Å². The second-order valence-corrected chi connectivity index (χ2v) is 1.49. The maximum atomic E-state index is 9.87. The van der Waals surface area contributed by atoms with Gasteiger partial charge in [-0.3, -0.25) is 15.5 Å². The number of nitrogens with zero attached hydrogens (tertiary/aromatic N) is 1. The summed E-state index contributed by atoms with van der Waals surface area (Å²) < 4.78 is 0. The zero-order valence-corrected chi connectivity index (χ0v) is 4.13. The summed E-state index contributed by atoms with van der Waals surface area (Å²) >= 11 is 0. The summed E-state index contributed by atoms with van der Waals surface area (Å²) in [5.41, 5.74) is 5.06. The van der Waals surface area contributed by atoms with Gasteiger partial charge < -0.3 is 0 Å². The van der Waals surface area contributed by atoms with Crippen molar-refractivity contribution in [2.75, 3.05) is 6.54 Å². The lowest BCUT2D eigenvalue weighted by Gasteiger charge is -1.96. The Labute approximate surface area is 46.2 Å². The molecule has 0 aliphatic carbocycles. The van der Waals surface area contributed by atoms with E-state index < -0.39 is 6.17 Å². The fourth-order valence-corrected chi connectivity index (χ4v) is 0.532. The van der Waals surface area contributed by atoms with E-state index >= 15 is 0 Å². The van der Waals surface area contributed by atoms with Gasteiger partial charge in [0, 0.05) is 11.5 Å². The van der Waals surface area contributed by atoms with Gasteiger partial charge in [-0.05, 0) is 0 Å². The molecule has 8 heavy (non-hydrogen) atoms. The summed E-state index contributed by atoms with van der Waals surface area (Å²) in [6.07, 6.45) is 0.856. The highest BCUT2D eigenvalue weighted by Crippen LogP contribution is 1.92. The lowest BCUT2D eigenvalue weighted by Crippen LogP contribution is -2.35. The number of rotatable bonds is 1. The van der Waals surface area contributed by atoms with Gasteiger partial charge in [0.2, 0.25) is 0 Å². The number of nitrogens with one attached hydrogen (secondary N) is 2. The van der Waals surface area contributed by atoms with E-state index in [0.29, 0.717) is 6.54 Å². The van der Waals surface area contributed by atoms with Crippen LogP contribution in [0.3, 0.4) is 0 Å². The van der Waals surface area contributed by atoms with E-state index in [1.165, 1.54) is 0 Å². The zero-order chi connectivity index (χ0) is 5.98. The maximum Gasteiger partial charge on any atom is 0.282 e. The molecule has 0 saturated carbocycles. The van der Waals surface area contributed by atoms with Crippen LogP contribution in [-0.4, -0.2) is 17.6 Å². The van der Waals surface area contributed by atoms with Crippen molar-refractivity contribution >= 4 is 0 Å². The number of hydrazine groups is 1. The van der Waals surface area contributed by atoms with Crippen molar-refractivity contribution in [2.24, 2.45) is 0 Å². The van der Waals surface area contributed by atoms with Gasteiger partial charge in [-0.25, -0.2) is 0 Å². The van der Waals surface area contributed by atoms with Gasteiger partial charge in [-0.1, -0.05) is 0 Å². The van der Waals surface area contributed by atoms with Crippen LogP contribution in [0.15, 0.2) is 0 Å². The molecule has 1 heterocycles. The van der Waals surface area contributed by atoms with Gasteiger partial charge in [0.25, 0.3) is 6.17 Å². The third-order valence-electron chi connectivity index (χ3n) is 0.920. The highest BCUT2D eigenvalue weighted by Gasteiger charge is 2.23. The molecule has 1 aliphatic heterocycles. The Morgan fingerprint density at radius 3 is 2.88 bits per heavy atom. The molecule has 5 nitrogen and oxygen atoms in total. The summed E-state index contributed by atoms with van der Waals surface area (Å²) in [5.74, 6) is 0. The lowest BCUT2D eigenvalue weighted by atomic mass is 10.4. The van der Waals surface area contributed by atoms with Gasteiger partial charge in [-0.15, -0.1) is 0 Å². The van der Waals surface area contributed by atoms with E-state index in [4.69, 9.17) is 0 Å². The Kier molecular flexibility index (Phi) is 1.40. The molecule has 1 radical (unpaired) electrons. The normalized spacial score (nSPS) is 28.2. The molecule has 0 aromatic heterocycles. The first-order valence-electron chi connectivity index (χ1n) is 2.26. The summed E-state index contributed by atoms with van der Waals surface area (Å²) in [6, 6.07) is 0. The van der Waals surface area contributed by atoms with Crippen molar-refractivity contribution in [1.82, 2.24) is 10.9 Å². The van der Waals surface area contributed by atoms with E-state index in [9.17, 15) is 10.1 Å². The smallest absolute Gasteiger partial charge is 0.263 e. The predicted molar refractivity (Wildman–Crippen MR) is 26.2 cm³/mol. The molecular formula is C3H6N3O2. The van der Waals surface area contributed by atoms with E-state index in [1.54, 1.807) is 6.42 Å². The molecule has 1 fully saturated rings. The average Bonchev–Trinajstić information content (AvgIpc) is 2.12. The topological polar surface area (TPSA) is 67.2 Å². The molecule has 1 atom stereocenters. The molecule has 2 N–H and O–H groups in total. The van der Waals surface area contributed by atoms with Crippen molar-refractivity contribution in [3.05, 3.63) is 16.5 Å². The quantitative estimate of drug-likeness (QED) is 0.337. The van der Waals surface area contributed by atoms with Gasteiger partial charge in [-0.2, -0.15) is 5.43 Å². The third-order valence-corrected chi connectivity index (χ3v) is 0.920. The maximum absolute atomic E-state index is 9.87. The Morgan fingerprint density at radius 1 is 1.88 bits per heavy atom. The molecule has 0 amide bonds. The first-order chi connectivity index (χ1) is 3.80. The molecule has 0 spiro atoms. The SMILES string of the molecule is O=[N+]([O-])C1[CH]CNN1. The van der Waals surface area contributed by atoms with Gasteiger partial charge in [0.05, 0.1) is 6.42 Å². The van der Waals surface area contributed by atoms with Crippen LogP contribution in [-0.2, 0) is 0 Å². The molecule has 1 unspecified atom stereocenters. The second-order valence-electron chi connectivity index (χ2n) is 1.49. The first-order valence-corrected chi connectivity index (χ1v) is 2.26. The Bertz CT molecular complexity index is 98.7. The molecule has 0 bridgehead atoms. The number of hydrogen-bond donors (Lipinski definition) is 2. The fraction of sp³-hybridized carbons (Fsp3) is 0.667. The minimum Gasteiger partial charge on any atom is -0.263 e. The predicted octanol–water partition coefficient (Wildman–Crippen LogP) is -1.10. The monoisotopic (exact) mass is 116 g/mol. The van der Waals surface area contributed by atoms with Crippen LogP contribution in [0.1, 0.15) is 0 Å². The number of nitro groups is 1. The van der Waals surface area contributed by atoms with Gasteiger partial charge >= 0.3 is 0 Å². The minimum atomic E-state index is -0.699. The van der Waals surface area contributed by atoms with E-state index in [-0.39, 0.29) is 4.92 Å². The highest BCUT2D eigenvalue weighted by molar-refractivity contribution is 4.80. The van der Waals surface area contributed by atoms with E-state index in [2.05, 4.69) is 10.9 Å². The van der Waals surface area contributed by atoms with E-state index in [0.717, 1.165) is 0 Å². The van der Waals surface area contributed by atoms with Crippen LogP contribution in [0.4, 0.5) is 0 Å². The van der Waals surface area contributed by atoms with Crippen molar-refractivity contribution in [1.29, 1.82) is 0 Å². The molecule has 0 aromatic carbocycles. The summed E-state index contributed by atoms with van der Waals surface area (Å²) in [4.78, 5) is 9.48. The molecule has 0 aromatic rings. The third kappa shape index (κ3) is 0.932. The Hall–Kier alpha value is -0.680. The Balaban J connectivity index is 2.35. The number of hydrogen-bond acceptors (Lipinski definition) is 4. The van der Waals surface area contributed by atoms with Gasteiger partial charge in [0.15, 0.2) is 0 Å². The summed E-state index contributed by atoms with van der Waals surface area (Å²) in [7, 11) is 0. The van der Waals surface area contributed by atoms with Crippen LogP contribution in [0.25, 0.3) is 0 Å². The van der Waals surface area contributed by atoms with E-state index in [1.807, 2.05) is 0 Å².